The van der Waals surface area contributed by atoms with E-state index >= 15 is 0 Å². The molecule has 5 heteroatoms. The monoisotopic (exact) mass is 264 g/mol. The Balaban J connectivity index is 3.24. The molecule has 0 bridgehead atoms. The summed E-state index contributed by atoms with van der Waals surface area (Å²) in [4.78, 5) is 0.264. The molecule has 0 saturated carbocycles. The van der Waals surface area contributed by atoms with Gasteiger partial charge in [0.2, 0.25) is 9.84 Å². The van der Waals surface area contributed by atoms with E-state index in [-0.39, 0.29) is 4.90 Å². The fraction of sp³-hybridized carbons (Fsp3) is 0.400. The highest BCUT2D eigenvalue weighted by molar-refractivity contribution is 8.16. The van der Waals surface area contributed by atoms with Crippen LogP contribution in [0.15, 0.2) is 29.2 Å². The molecule has 0 amide bonds. The molecule has 0 fully saturated rings. The second-order valence-corrected chi connectivity index (χ2v) is 8.34. The first-order valence-electron chi connectivity index (χ1n) is 4.36. The van der Waals surface area contributed by atoms with E-state index in [0.717, 1.165) is 17.3 Å². The Bertz CT molecular complexity index is 435. The third kappa shape index (κ3) is 2.49. The van der Waals surface area contributed by atoms with Gasteiger partial charge < -0.3 is 0 Å². The summed E-state index contributed by atoms with van der Waals surface area (Å²) in [6, 6.07) is 6.70. The van der Waals surface area contributed by atoms with E-state index in [4.69, 9.17) is 11.6 Å². The van der Waals surface area contributed by atoms with Gasteiger partial charge in [0.15, 0.2) is 3.54 Å². The summed E-state index contributed by atoms with van der Waals surface area (Å²) in [7, 11) is -3.48. The van der Waals surface area contributed by atoms with Gasteiger partial charge in [0, 0.05) is 0 Å². The third-order valence-corrected chi connectivity index (χ3v) is 6.99. The molecule has 0 radical (unpaired) electrons. The fourth-order valence-electron chi connectivity index (χ4n) is 1.04. The summed E-state index contributed by atoms with van der Waals surface area (Å²) in [5.41, 5.74) is 1.02. The second kappa shape index (κ2) is 4.36. The molecule has 0 aromatic heterocycles. The molecule has 0 heterocycles. The maximum Gasteiger partial charge on any atom is 0.207 e. The molecule has 1 aromatic carbocycles. The van der Waals surface area contributed by atoms with Crippen molar-refractivity contribution in [3.05, 3.63) is 29.8 Å². The fourth-order valence-corrected chi connectivity index (χ4v) is 3.39. The van der Waals surface area contributed by atoms with Crippen LogP contribution in [0.2, 0.25) is 0 Å². The number of alkyl halides is 1. The van der Waals surface area contributed by atoms with E-state index in [9.17, 15) is 8.42 Å². The van der Waals surface area contributed by atoms with Crippen LogP contribution < -0.4 is 0 Å². The lowest BCUT2D eigenvalue weighted by Gasteiger charge is -2.19. The van der Waals surface area contributed by atoms with Crippen molar-refractivity contribution in [3.8, 4) is 0 Å². The smallest absolute Gasteiger partial charge is 0.207 e. The minimum absolute atomic E-state index is 0.264. The Morgan fingerprint density at radius 2 is 1.73 bits per heavy atom. The molecular formula is C10H13ClO2S2. The van der Waals surface area contributed by atoms with Crippen molar-refractivity contribution in [2.45, 2.75) is 22.3 Å². The minimum atomic E-state index is -3.48. The number of benzene rings is 1. The van der Waals surface area contributed by atoms with Gasteiger partial charge in [-0.3, -0.25) is 0 Å². The topological polar surface area (TPSA) is 34.1 Å². The lowest BCUT2D eigenvalue weighted by atomic mass is 10.2. The molecule has 1 aromatic rings. The van der Waals surface area contributed by atoms with Gasteiger partial charge >= 0.3 is 0 Å². The molecule has 84 valence electrons. The van der Waals surface area contributed by atoms with Crippen LogP contribution in [-0.2, 0) is 9.84 Å². The quantitative estimate of drug-likeness (QED) is 0.787. The molecule has 0 spiro atoms. The van der Waals surface area contributed by atoms with Crippen molar-refractivity contribution in [2.24, 2.45) is 0 Å². The first-order valence-corrected chi connectivity index (χ1v) is 7.45. The van der Waals surface area contributed by atoms with E-state index in [1.165, 1.54) is 6.92 Å². The zero-order valence-corrected chi connectivity index (χ0v) is 11.2. The van der Waals surface area contributed by atoms with Gasteiger partial charge in [-0.2, -0.15) is 0 Å². The number of sulfone groups is 1. The Hall–Kier alpha value is -0.190. The molecule has 0 aliphatic rings. The first kappa shape index (κ1) is 12.9. The Morgan fingerprint density at radius 1 is 1.27 bits per heavy atom. The minimum Gasteiger partial charge on any atom is -0.221 e. The molecule has 15 heavy (non-hydrogen) atoms. The summed E-state index contributed by atoms with van der Waals surface area (Å²) < 4.78 is 22.8. The predicted molar refractivity (Wildman–Crippen MR) is 66.1 cm³/mol. The number of aryl methyl sites for hydroxylation is 1. The summed E-state index contributed by atoms with van der Waals surface area (Å²) in [5, 5.41) is 0. The van der Waals surface area contributed by atoms with Crippen molar-refractivity contribution in [3.63, 3.8) is 0 Å². The third-order valence-electron chi connectivity index (χ3n) is 2.18. The van der Waals surface area contributed by atoms with Gasteiger partial charge in [-0.25, -0.2) is 8.42 Å². The average Bonchev–Trinajstić information content (AvgIpc) is 2.18. The molecule has 1 unspecified atom stereocenters. The molecule has 0 aliphatic carbocycles. The predicted octanol–water partition coefficient (Wildman–Crippen LogP) is 3.04. The summed E-state index contributed by atoms with van der Waals surface area (Å²) in [6.45, 7) is 3.40. The van der Waals surface area contributed by atoms with Gasteiger partial charge in [-0.05, 0) is 32.2 Å². The van der Waals surface area contributed by atoms with Crippen molar-refractivity contribution < 1.29 is 8.42 Å². The number of hydrogen-bond donors (Lipinski definition) is 0. The Labute approximate surface area is 99.9 Å². The number of thioether (sulfide) groups is 1. The number of halogens is 1. The van der Waals surface area contributed by atoms with Crippen LogP contribution in [0.4, 0.5) is 0 Å². The van der Waals surface area contributed by atoms with E-state index in [1.807, 2.05) is 6.92 Å². The van der Waals surface area contributed by atoms with Gasteiger partial charge in [-0.1, -0.05) is 29.3 Å². The molecule has 0 saturated heterocycles. The Kier molecular flexibility index (Phi) is 3.74. The highest BCUT2D eigenvalue weighted by Gasteiger charge is 2.37. The first-order chi connectivity index (χ1) is 6.81. The Morgan fingerprint density at radius 3 is 2.13 bits per heavy atom. The molecule has 0 aliphatic heterocycles. The van der Waals surface area contributed by atoms with Crippen molar-refractivity contribution >= 4 is 33.2 Å². The van der Waals surface area contributed by atoms with Gasteiger partial charge in [0.25, 0.3) is 0 Å². The summed E-state index contributed by atoms with van der Waals surface area (Å²) in [6.07, 6.45) is 1.68. The highest BCUT2D eigenvalue weighted by Crippen LogP contribution is 2.37. The zero-order chi connectivity index (χ0) is 11.7. The average molecular weight is 265 g/mol. The standard InChI is InChI=1S/C10H13ClO2S2/c1-8-4-6-9(7-5-8)15(12,13)10(2,11)14-3/h4-7H,1-3H3. The molecule has 2 nitrogen and oxygen atoms in total. The van der Waals surface area contributed by atoms with Crippen LogP contribution in [0.3, 0.4) is 0 Å². The van der Waals surface area contributed by atoms with Crippen LogP contribution in [0.1, 0.15) is 12.5 Å². The largest absolute Gasteiger partial charge is 0.221 e. The number of hydrogen-bond acceptors (Lipinski definition) is 3. The molecule has 1 rings (SSSR count). The maximum absolute atomic E-state index is 12.0. The van der Waals surface area contributed by atoms with E-state index in [2.05, 4.69) is 0 Å². The normalized spacial score (nSPS) is 16.0. The van der Waals surface area contributed by atoms with Crippen molar-refractivity contribution in [1.29, 1.82) is 0 Å². The molecular weight excluding hydrogens is 252 g/mol. The van der Waals surface area contributed by atoms with Crippen LogP contribution in [0.25, 0.3) is 0 Å². The SMILES string of the molecule is CSC(C)(Cl)S(=O)(=O)c1ccc(C)cc1. The van der Waals surface area contributed by atoms with Crippen molar-refractivity contribution in [1.82, 2.24) is 0 Å². The lowest BCUT2D eigenvalue weighted by Crippen LogP contribution is -2.24. The summed E-state index contributed by atoms with van der Waals surface area (Å²) >= 11 is 7.07. The highest BCUT2D eigenvalue weighted by atomic mass is 35.5. The maximum atomic E-state index is 12.0. The van der Waals surface area contributed by atoms with Crippen LogP contribution in [0, 0.1) is 6.92 Å². The van der Waals surface area contributed by atoms with Gasteiger partial charge in [0.1, 0.15) is 0 Å². The molecule has 0 N–H and O–H groups in total. The lowest BCUT2D eigenvalue weighted by molar-refractivity contribution is 0.591. The van der Waals surface area contributed by atoms with Gasteiger partial charge in [-0.15, -0.1) is 11.8 Å². The van der Waals surface area contributed by atoms with E-state index < -0.39 is 13.4 Å². The van der Waals surface area contributed by atoms with Crippen LogP contribution in [-0.4, -0.2) is 18.2 Å². The van der Waals surface area contributed by atoms with E-state index in [0.29, 0.717) is 0 Å². The van der Waals surface area contributed by atoms with Crippen LogP contribution in [0.5, 0.6) is 0 Å². The second-order valence-electron chi connectivity index (χ2n) is 3.36. The number of rotatable bonds is 3. The van der Waals surface area contributed by atoms with Gasteiger partial charge in [0.05, 0.1) is 4.90 Å². The van der Waals surface area contributed by atoms with E-state index in [1.54, 1.807) is 30.5 Å². The van der Waals surface area contributed by atoms with Crippen molar-refractivity contribution in [2.75, 3.05) is 6.26 Å². The van der Waals surface area contributed by atoms with Crippen LogP contribution >= 0.6 is 23.4 Å². The molecule has 1 atom stereocenters. The summed E-state index contributed by atoms with van der Waals surface area (Å²) in [5.74, 6) is 0. The zero-order valence-electron chi connectivity index (χ0n) is 8.82.